The number of esters is 1. The molecule has 0 aromatic heterocycles. The summed E-state index contributed by atoms with van der Waals surface area (Å²) in [6, 6.07) is 5.42. The van der Waals surface area contributed by atoms with E-state index in [0.717, 1.165) is 23.2 Å². The first-order chi connectivity index (χ1) is 9.33. The molecule has 0 aliphatic carbocycles. The van der Waals surface area contributed by atoms with Crippen LogP contribution in [0.5, 0.6) is 0 Å². The molecular weight excluding hydrogens is 320 g/mol. The Morgan fingerprint density at radius 3 is 2.55 bits per heavy atom. The van der Waals surface area contributed by atoms with Crippen molar-refractivity contribution in [1.29, 1.82) is 0 Å². The topological polar surface area (TPSA) is 50.4 Å². The Labute approximate surface area is 129 Å². The lowest BCUT2D eigenvalue weighted by molar-refractivity contribution is 0.0526. The Balaban J connectivity index is 2.54. The normalized spacial score (nSPS) is 11.2. The van der Waals surface area contributed by atoms with Crippen molar-refractivity contribution in [2.75, 3.05) is 25.0 Å². The molecule has 20 heavy (non-hydrogen) atoms. The molecule has 1 aromatic rings. The fraction of sp³-hybridized carbons (Fsp3) is 0.533. The van der Waals surface area contributed by atoms with Crippen LogP contribution in [0.15, 0.2) is 22.7 Å². The third-order valence-electron chi connectivity index (χ3n) is 2.58. The van der Waals surface area contributed by atoms with E-state index in [0.29, 0.717) is 12.2 Å². The molecule has 0 amide bonds. The van der Waals surface area contributed by atoms with Gasteiger partial charge in [-0.1, -0.05) is 0 Å². The second kappa shape index (κ2) is 7.64. The maximum absolute atomic E-state index is 11.6. The molecular formula is C15H23BrN2O2. The average Bonchev–Trinajstić information content (AvgIpc) is 2.35. The summed E-state index contributed by atoms with van der Waals surface area (Å²) in [4.78, 5) is 11.6. The summed E-state index contributed by atoms with van der Waals surface area (Å²) in [6.07, 6.45) is 0. The van der Waals surface area contributed by atoms with Crippen LogP contribution in [-0.2, 0) is 4.74 Å². The second-order valence-electron chi connectivity index (χ2n) is 5.52. The van der Waals surface area contributed by atoms with Crippen LogP contribution in [0.2, 0.25) is 0 Å². The van der Waals surface area contributed by atoms with Gasteiger partial charge >= 0.3 is 5.97 Å². The zero-order chi connectivity index (χ0) is 15.2. The lowest BCUT2D eigenvalue weighted by Gasteiger charge is -2.21. The molecule has 0 saturated heterocycles. The summed E-state index contributed by atoms with van der Waals surface area (Å²) < 4.78 is 5.83. The van der Waals surface area contributed by atoms with E-state index >= 15 is 0 Å². The van der Waals surface area contributed by atoms with Crippen molar-refractivity contribution in [3.05, 3.63) is 28.2 Å². The van der Waals surface area contributed by atoms with E-state index in [2.05, 4.69) is 47.3 Å². The Morgan fingerprint density at radius 2 is 2.00 bits per heavy atom. The highest BCUT2D eigenvalue weighted by molar-refractivity contribution is 9.10. The van der Waals surface area contributed by atoms with Gasteiger partial charge in [-0.25, -0.2) is 4.79 Å². The van der Waals surface area contributed by atoms with E-state index in [1.807, 2.05) is 6.07 Å². The highest BCUT2D eigenvalue weighted by atomic mass is 79.9. The van der Waals surface area contributed by atoms with Crippen molar-refractivity contribution in [1.82, 2.24) is 5.32 Å². The fourth-order valence-electron chi connectivity index (χ4n) is 1.63. The first-order valence-corrected chi connectivity index (χ1v) is 7.58. The van der Waals surface area contributed by atoms with Crippen molar-refractivity contribution in [2.45, 2.75) is 33.2 Å². The smallest absolute Gasteiger partial charge is 0.338 e. The van der Waals surface area contributed by atoms with E-state index in [9.17, 15) is 4.79 Å². The Hall–Kier alpha value is -1.07. The maximum atomic E-state index is 11.6. The summed E-state index contributed by atoms with van der Waals surface area (Å²) in [7, 11) is 0. The van der Waals surface area contributed by atoms with Gasteiger partial charge in [-0.2, -0.15) is 0 Å². The van der Waals surface area contributed by atoms with E-state index in [1.165, 1.54) is 0 Å². The predicted octanol–water partition coefficient (Wildman–Crippen LogP) is 3.43. The molecule has 5 heteroatoms. The summed E-state index contributed by atoms with van der Waals surface area (Å²) >= 11 is 3.47. The highest BCUT2D eigenvalue weighted by Crippen LogP contribution is 2.23. The Bertz CT molecular complexity index is 456. The van der Waals surface area contributed by atoms with Crippen molar-refractivity contribution in [2.24, 2.45) is 0 Å². The van der Waals surface area contributed by atoms with Gasteiger partial charge in [0.2, 0.25) is 0 Å². The van der Waals surface area contributed by atoms with Crippen molar-refractivity contribution in [3.8, 4) is 0 Å². The predicted molar refractivity (Wildman–Crippen MR) is 86.3 cm³/mol. The number of hydrogen-bond acceptors (Lipinski definition) is 4. The quantitative estimate of drug-likeness (QED) is 0.614. The molecule has 0 fully saturated rings. The van der Waals surface area contributed by atoms with Gasteiger partial charge in [-0.15, -0.1) is 0 Å². The van der Waals surface area contributed by atoms with Crippen LogP contribution >= 0.6 is 15.9 Å². The summed E-state index contributed by atoms with van der Waals surface area (Å²) in [5.74, 6) is -0.297. The molecule has 4 nitrogen and oxygen atoms in total. The van der Waals surface area contributed by atoms with E-state index in [1.54, 1.807) is 19.1 Å². The number of carbonyl (C=O) groups excluding carboxylic acids is 1. The molecule has 0 atom stereocenters. The van der Waals surface area contributed by atoms with Gasteiger partial charge in [0.1, 0.15) is 0 Å². The van der Waals surface area contributed by atoms with Gasteiger partial charge in [-0.3, -0.25) is 0 Å². The lowest BCUT2D eigenvalue weighted by atomic mass is 10.1. The third-order valence-corrected chi connectivity index (χ3v) is 3.23. The first kappa shape index (κ1) is 17.0. The zero-order valence-electron chi connectivity index (χ0n) is 12.5. The van der Waals surface area contributed by atoms with Crippen LogP contribution in [-0.4, -0.2) is 31.2 Å². The van der Waals surface area contributed by atoms with E-state index < -0.39 is 0 Å². The number of carbonyl (C=O) groups is 1. The van der Waals surface area contributed by atoms with Crippen LogP contribution in [0.25, 0.3) is 0 Å². The first-order valence-electron chi connectivity index (χ1n) is 6.79. The van der Waals surface area contributed by atoms with Gasteiger partial charge in [-0.05, 0) is 61.8 Å². The molecule has 112 valence electrons. The van der Waals surface area contributed by atoms with E-state index in [4.69, 9.17) is 4.74 Å². The number of halogens is 1. The lowest BCUT2D eigenvalue weighted by Crippen LogP contribution is -2.38. The zero-order valence-corrected chi connectivity index (χ0v) is 14.1. The third kappa shape index (κ3) is 5.92. The second-order valence-corrected chi connectivity index (χ2v) is 6.37. The maximum Gasteiger partial charge on any atom is 0.338 e. The summed E-state index contributed by atoms with van der Waals surface area (Å²) in [5.41, 5.74) is 1.64. The molecule has 0 unspecified atom stereocenters. The number of anilines is 1. The Kier molecular flexibility index (Phi) is 6.49. The standard InChI is InChI=1S/C15H23BrN2O2/c1-5-20-14(19)11-6-7-13(12(16)10-11)17-8-9-18-15(2,3)4/h6-7,10,17-18H,5,8-9H2,1-4H3. The summed E-state index contributed by atoms with van der Waals surface area (Å²) in [6.45, 7) is 10.3. The largest absolute Gasteiger partial charge is 0.462 e. The number of hydrogen-bond donors (Lipinski definition) is 2. The minimum atomic E-state index is -0.297. The molecule has 1 rings (SSSR count). The van der Waals surface area contributed by atoms with Crippen molar-refractivity contribution >= 4 is 27.6 Å². The SMILES string of the molecule is CCOC(=O)c1ccc(NCCNC(C)(C)C)c(Br)c1. The van der Waals surface area contributed by atoms with Crippen LogP contribution in [0, 0.1) is 0 Å². The van der Waals surface area contributed by atoms with Gasteiger partial charge in [0.25, 0.3) is 0 Å². The van der Waals surface area contributed by atoms with Crippen LogP contribution in [0.4, 0.5) is 5.69 Å². The summed E-state index contributed by atoms with van der Waals surface area (Å²) in [5, 5.41) is 6.73. The van der Waals surface area contributed by atoms with Crippen LogP contribution in [0.1, 0.15) is 38.1 Å². The number of ether oxygens (including phenoxy) is 1. The monoisotopic (exact) mass is 342 g/mol. The average molecular weight is 343 g/mol. The molecule has 0 aliphatic heterocycles. The molecule has 0 saturated carbocycles. The van der Waals surface area contributed by atoms with Crippen molar-refractivity contribution < 1.29 is 9.53 Å². The molecule has 0 heterocycles. The van der Waals surface area contributed by atoms with Crippen LogP contribution in [0.3, 0.4) is 0 Å². The van der Waals surface area contributed by atoms with Gasteiger partial charge in [0, 0.05) is 28.8 Å². The molecule has 2 N–H and O–H groups in total. The minimum absolute atomic E-state index is 0.118. The molecule has 0 radical (unpaired) electrons. The van der Waals surface area contributed by atoms with E-state index in [-0.39, 0.29) is 11.5 Å². The number of rotatable bonds is 6. The molecule has 0 spiro atoms. The van der Waals surface area contributed by atoms with Crippen molar-refractivity contribution in [3.63, 3.8) is 0 Å². The van der Waals surface area contributed by atoms with Gasteiger partial charge in [0.05, 0.1) is 12.2 Å². The minimum Gasteiger partial charge on any atom is -0.462 e. The molecule has 1 aromatic carbocycles. The Morgan fingerprint density at radius 1 is 1.30 bits per heavy atom. The highest BCUT2D eigenvalue weighted by Gasteiger charge is 2.10. The number of nitrogens with one attached hydrogen (secondary N) is 2. The number of benzene rings is 1. The molecule has 0 aliphatic rings. The van der Waals surface area contributed by atoms with Gasteiger partial charge in [0.15, 0.2) is 0 Å². The fourth-order valence-corrected chi connectivity index (χ4v) is 2.15. The van der Waals surface area contributed by atoms with Crippen LogP contribution < -0.4 is 10.6 Å². The van der Waals surface area contributed by atoms with Gasteiger partial charge < -0.3 is 15.4 Å². The molecule has 0 bridgehead atoms.